The van der Waals surface area contributed by atoms with Crippen molar-refractivity contribution in [2.45, 2.75) is 24.8 Å². The van der Waals surface area contributed by atoms with Gasteiger partial charge in [0.15, 0.2) is 5.54 Å². The standard InChI is InChI=1S/C19H13F7N2O2/c1-17(9-27,10-30-15-5-3-2-4-13(15)19(24,25)26)28-16(29)12-7-6-11(8-14(12)20)18(21,22)23/h2-8H,10H2,1H3,(H,28,29). The van der Waals surface area contributed by atoms with Gasteiger partial charge in [0.2, 0.25) is 0 Å². The highest BCUT2D eigenvalue weighted by molar-refractivity contribution is 5.95. The molecule has 0 aromatic heterocycles. The Hall–Kier alpha value is -3.29. The summed E-state index contributed by atoms with van der Waals surface area (Å²) in [4.78, 5) is 12.2. The summed E-state index contributed by atoms with van der Waals surface area (Å²) < 4.78 is 95.8. The van der Waals surface area contributed by atoms with E-state index < -0.39 is 58.7 Å². The summed E-state index contributed by atoms with van der Waals surface area (Å²) in [6, 6.07) is 6.99. The first-order valence-corrected chi connectivity index (χ1v) is 8.16. The van der Waals surface area contributed by atoms with E-state index in [4.69, 9.17) is 4.74 Å². The third-order valence-electron chi connectivity index (χ3n) is 3.89. The van der Waals surface area contributed by atoms with Crippen LogP contribution in [-0.4, -0.2) is 18.1 Å². The highest BCUT2D eigenvalue weighted by Crippen LogP contribution is 2.36. The predicted octanol–water partition coefficient (Wildman–Crippen LogP) is 4.95. The van der Waals surface area contributed by atoms with Crippen molar-refractivity contribution >= 4 is 5.91 Å². The normalized spacial score (nSPS) is 13.8. The lowest BCUT2D eigenvalue weighted by Crippen LogP contribution is -2.49. The fourth-order valence-corrected chi connectivity index (χ4v) is 2.34. The lowest BCUT2D eigenvalue weighted by molar-refractivity contribution is -0.139. The maximum Gasteiger partial charge on any atom is 0.419 e. The second-order valence-electron chi connectivity index (χ2n) is 6.37. The Morgan fingerprint density at radius 1 is 1.07 bits per heavy atom. The van der Waals surface area contributed by atoms with Crippen molar-refractivity contribution in [3.63, 3.8) is 0 Å². The zero-order chi connectivity index (χ0) is 22.7. The molecule has 0 saturated heterocycles. The summed E-state index contributed by atoms with van der Waals surface area (Å²) in [5.41, 5.74) is -5.11. The molecule has 2 aromatic rings. The van der Waals surface area contributed by atoms with Gasteiger partial charge in [0, 0.05) is 0 Å². The number of para-hydroxylation sites is 1. The third kappa shape index (κ3) is 5.40. The third-order valence-corrected chi connectivity index (χ3v) is 3.89. The van der Waals surface area contributed by atoms with Gasteiger partial charge in [-0.05, 0) is 37.3 Å². The smallest absolute Gasteiger partial charge is 0.419 e. The van der Waals surface area contributed by atoms with E-state index in [0.717, 1.165) is 25.1 Å². The van der Waals surface area contributed by atoms with Crippen LogP contribution in [0.2, 0.25) is 0 Å². The van der Waals surface area contributed by atoms with E-state index in [2.05, 4.69) is 5.32 Å². The van der Waals surface area contributed by atoms with Gasteiger partial charge in [-0.1, -0.05) is 12.1 Å². The molecule has 1 atom stereocenters. The average Bonchev–Trinajstić information content (AvgIpc) is 2.65. The molecule has 0 radical (unpaired) electrons. The Morgan fingerprint density at radius 3 is 2.23 bits per heavy atom. The highest BCUT2D eigenvalue weighted by atomic mass is 19.4. The van der Waals surface area contributed by atoms with Crippen molar-refractivity contribution in [3.8, 4) is 11.8 Å². The Kier molecular flexibility index (Phi) is 6.30. The number of nitriles is 1. The largest absolute Gasteiger partial charge is 0.489 e. The molecular formula is C19H13F7N2O2. The van der Waals surface area contributed by atoms with Crippen LogP contribution in [0.4, 0.5) is 30.7 Å². The maximum absolute atomic E-state index is 13.9. The second kappa shape index (κ2) is 8.22. The zero-order valence-electron chi connectivity index (χ0n) is 15.2. The van der Waals surface area contributed by atoms with Crippen molar-refractivity contribution in [1.82, 2.24) is 5.32 Å². The maximum atomic E-state index is 13.9. The summed E-state index contributed by atoms with van der Waals surface area (Å²) >= 11 is 0. The molecule has 0 fully saturated rings. The minimum absolute atomic E-state index is 0.120. The van der Waals surface area contributed by atoms with Gasteiger partial charge in [0.05, 0.1) is 22.8 Å². The number of halogens is 7. The fraction of sp³-hybridized carbons (Fsp3) is 0.263. The number of amides is 1. The van der Waals surface area contributed by atoms with Crippen LogP contribution in [0.25, 0.3) is 0 Å². The number of carbonyl (C=O) groups excluding carboxylic acids is 1. The van der Waals surface area contributed by atoms with E-state index >= 15 is 0 Å². The first-order chi connectivity index (χ1) is 13.8. The lowest BCUT2D eigenvalue weighted by Gasteiger charge is -2.24. The molecule has 30 heavy (non-hydrogen) atoms. The number of hydrogen-bond donors (Lipinski definition) is 1. The van der Waals surface area contributed by atoms with Crippen LogP contribution in [0.1, 0.15) is 28.4 Å². The summed E-state index contributed by atoms with van der Waals surface area (Å²) in [7, 11) is 0. The molecule has 2 rings (SSSR count). The van der Waals surface area contributed by atoms with E-state index in [1.807, 2.05) is 0 Å². The van der Waals surface area contributed by atoms with Crippen molar-refractivity contribution in [3.05, 3.63) is 65.0 Å². The summed E-state index contributed by atoms with van der Waals surface area (Å²) in [6.45, 7) is 0.355. The lowest BCUT2D eigenvalue weighted by atomic mass is 10.0. The zero-order valence-corrected chi connectivity index (χ0v) is 15.2. The Balaban J connectivity index is 2.19. The Labute approximate surface area is 165 Å². The van der Waals surface area contributed by atoms with Crippen LogP contribution in [-0.2, 0) is 12.4 Å². The van der Waals surface area contributed by atoms with Crippen LogP contribution in [0.15, 0.2) is 42.5 Å². The molecule has 4 nitrogen and oxygen atoms in total. The molecule has 2 aromatic carbocycles. The minimum atomic E-state index is -4.82. The van der Waals surface area contributed by atoms with Crippen molar-refractivity contribution in [2.75, 3.05) is 6.61 Å². The van der Waals surface area contributed by atoms with Gasteiger partial charge in [-0.25, -0.2) is 4.39 Å². The molecule has 0 aliphatic carbocycles. The van der Waals surface area contributed by atoms with Gasteiger partial charge < -0.3 is 10.1 Å². The van der Waals surface area contributed by atoms with Crippen LogP contribution in [0, 0.1) is 17.1 Å². The van der Waals surface area contributed by atoms with Crippen molar-refractivity contribution < 1.29 is 40.3 Å². The molecule has 0 aliphatic heterocycles. The number of nitrogens with zero attached hydrogens (tertiary/aromatic N) is 1. The fourth-order valence-electron chi connectivity index (χ4n) is 2.34. The number of rotatable bonds is 5. The predicted molar refractivity (Wildman–Crippen MR) is 89.8 cm³/mol. The molecule has 160 valence electrons. The van der Waals surface area contributed by atoms with E-state index in [1.165, 1.54) is 6.07 Å². The molecule has 1 amide bonds. The van der Waals surface area contributed by atoms with Crippen molar-refractivity contribution in [2.24, 2.45) is 0 Å². The number of nitrogens with one attached hydrogen (secondary N) is 1. The van der Waals surface area contributed by atoms with Gasteiger partial charge in [-0.3, -0.25) is 4.79 Å². The van der Waals surface area contributed by atoms with Crippen LogP contribution < -0.4 is 10.1 Å². The van der Waals surface area contributed by atoms with E-state index in [1.54, 1.807) is 6.07 Å². The van der Waals surface area contributed by atoms with Gasteiger partial charge in [-0.2, -0.15) is 31.6 Å². The van der Waals surface area contributed by atoms with Gasteiger partial charge in [0.1, 0.15) is 18.2 Å². The summed E-state index contributed by atoms with van der Waals surface area (Å²) in [5.74, 6) is -3.31. The van der Waals surface area contributed by atoms with Gasteiger partial charge in [-0.15, -0.1) is 0 Å². The average molecular weight is 434 g/mol. The quantitative estimate of drug-likeness (QED) is 0.678. The first-order valence-electron chi connectivity index (χ1n) is 8.16. The van der Waals surface area contributed by atoms with Gasteiger partial charge in [0.25, 0.3) is 5.91 Å². The molecule has 0 saturated carbocycles. The number of hydrogen-bond acceptors (Lipinski definition) is 3. The van der Waals surface area contributed by atoms with E-state index in [9.17, 15) is 40.8 Å². The van der Waals surface area contributed by atoms with Crippen LogP contribution >= 0.6 is 0 Å². The Morgan fingerprint density at radius 2 is 1.70 bits per heavy atom. The highest BCUT2D eigenvalue weighted by Gasteiger charge is 2.36. The van der Waals surface area contributed by atoms with Crippen LogP contribution in [0.3, 0.4) is 0 Å². The molecule has 0 heterocycles. The molecule has 0 spiro atoms. The number of ether oxygens (including phenoxy) is 1. The minimum Gasteiger partial charge on any atom is -0.489 e. The summed E-state index contributed by atoms with van der Waals surface area (Å²) in [5, 5.41) is 11.4. The summed E-state index contributed by atoms with van der Waals surface area (Å²) in [6.07, 6.45) is -9.55. The second-order valence-corrected chi connectivity index (χ2v) is 6.37. The van der Waals surface area contributed by atoms with E-state index in [-0.39, 0.29) is 6.07 Å². The molecular weight excluding hydrogens is 421 g/mol. The molecule has 0 aliphatic rings. The first kappa shape index (κ1) is 23.0. The number of carbonyl (C=O) groups is 1. The van der Waals surface area contributed by atoms with E-state index in [0.29, 0.717) is 12.1 Å². The molecule has 1 unspecified atom stereocenters. The monoisotopic (exact) mass is 434 g/mol. The Bertz CT molecular complexity index is 980. The molecule has 1 N–H and O–H groups in total. The molecule has 11 heteroatoms. The van der Waals surface area contributed by atoms with Crippen LogP contribution in [0.5, 0.6) is 5.75 Å². The SMILES string of the molecule is CC(C#N)(COc1ccccc1C(F)(F)F)NC(=O)c1ccc(C(F)(F)F)cc1F. The van der Waals surface area contributed by atoms with Gasteiger partial charge >= 0.3 is 12.4 Å². The van der Waals surface area contributed by atoms with Crippen molar-refractivity contribution in [1.29, 1.82) is 5.26 Å². The number of benzene rings is 2. The topological polar surface area (TPSA) is 62.1 Å². The number of alkyl halides is 6. The molecule has 0 bridgehead atoms.